The molecule has 0 saturated heterocycles. The van der Waals surface area contributed by atoms with E-state index in [-0.39, 0.29) is 11.8 Å². The van der Waals surface area contributed by atoms with Crippen molar-refractivity contribution >= 4 is 46.0 Å². The van der Waals surface area contributed by atoms with E-state index >= 15 is 0 Å². The summed E-state index contributed by atoms with van der Waals surface area (Å²) in [6.07, 6.45) is 0. The standard InChI is InChI=1S/C18H18ClIN2O2/c1-18(2,3)22(17(24)14-9-4-5-10-15(14)19)21-16(23)12-7-6-8-13(20)11-12/h4-11H,1-3H3,(H,21,23). The maximum Gasteiger partial charge on any atom is 0.274 e. The van der Waals surface area contributed by atoms with Crippen molar-refractivity contribution in [1.29, 1.82) is 0 Å². The second-order valence-corrected chi connectivity index (χ2v) is 7.90. The summed E-state index contributed by atoms with van der Waals surface area (Å²) >= 11 is 8.26. The molecule has 0 aromatic heterocycles. The lowest BCUT2D eigenvalue weighted by atomic mass is 10.1. The zero-order valence-corrected chi connectivity index (χ0v) is 16.6. The van der Waals surface area contributed by atoms with Crippen LogP contribution in [0.4, 0.5) is 0 Å². The Hall–Kier alpha value is -1.60. The van der Waals surface area contributed by atoms with Gasteiger partial charge >= 0.3 is 0 Å². The van der Waals surface area contributed by atoms with E-state index < -0.39 is 5.54 Å². The molecule has 0 heterocycles. The van der Waals surface area contributed by atoms with E-state index in [2.05, 4.69) is 28.0 Å². The van der Waals surface area contributed by atoms with Crippen LogP contribution in [0.1, 0.15) is 41.5 Å². The lowest BCUT2D eigenvalue weighted by Gasteiger charge is -2.35. The molecule has 1 N–H and O–H groups in total. The fourth-order valence-electron chi connectivity index (χ4n) is 2.07. The summed E-state index contributed by atoms with van der Waals surface area (Å²) in [5.74, 6) is -0.698. The molecule has 0 aliphatic carbocycles. The van der Waals surface area contributed by atoms with Gasteiger partial charge in [-0.05, 0) is 73.7 Å². The predicted molar refractivity (Wildman–Crippen MR) is 104 cm³/mol. The molecular formula is C18H18ClIN2O2. The van der Waals surface area contributed by atoms with E-state index in [9.17, 15) is 9.59 Å². The molecule has 0 spiro atoms. The third-order valence-electron chi connectivity index (χ3n) is 3.28. The van der Waals surface area contributed by atoms with Gasteiger partial charge in [0.25, 0.3) is 11.8 Å². The second-order valence-electron chi connectivity index (χ2n) is 6.24. The van der Waals surface area contributed by atoms with Crippen molar-refractivity contribution in [2.45, 2.75) is 26.3 Å². The lowest BCUT2D eigenvalue weighted by Crippen LogP contribution is -2.55. The Morgan fingerprint density at radius 1 is 1.08 bits per heavy atom. The van der Waals surface area contributed by atoms with Crippen LogP contribution < -0.4 is 5.43 Å². The zero-order valence-electron chi connectivity index (χ0n) is 13.6. The first-order chi connectivity index (χ1) is 11.2. The molecule has 0 fully saturated rings. The molecule has 126 valence electrons. The number of halogens is 2. The van der Waals surface area contributed by atoms with Crippen LogP contribution in [-0.4, -0.2) is 22.4 Å². The lowest BCUT2D eigenvalue weighted by molar-refractivity contribution is 0.0359. The normalized spacial score (nSPS) is 11.0. The first-order valence-corrected chi connectivity index (χ1v) is 8.81. The van der Waals surface area contributed by atoms with Gasteiger partial charge in [0.05, 0.1) is 16.1 Å². The number of nitrogens with one attached hydrogen (secondary N) is 1. The van der Waals surface area contributed by atoms with Gasteiger partial charge in [0.15, 0.2) is 0 Å². The van der Waals surface area contributed by atoms with Crippen LogP contribution >= 0.6 is 34.2 Å². The van der Waals surface area contributed by atoms with Crippen molar-refractivity contribution in [2.75, 3.05) is 0 Å². The number of rotatable bonds is 2. The molecule has 0 atom stereocenters. The Balaban J connectivity index is 2.32. The molecule has 0 unspecified atom stereocenters. The van der Waals surface area contributed by atoms with Gasteiger partial charge in [-0.2, -0.15) is 0 Å². The highest BCUT2D eigenvalue weighted by Gasteiger charge is 2.30. The summed E-state index contributed by atoms with van der Waals surface area (Å²) in [4.78, 5) is 25.4. The number of hydrogen-bond acceptors (Lipinski definition) is 2. The number of amides is 2. The Kier molecular flexibility index (Phi) is 5.87. The molecule has 0 saturated carbocycles. The first kappa shape index (κ1) is 18.7. The molecule has 6 heteroatoms. The first-order valence-electron chi connectivity index (χ1n) is 7.36. The van der Waals surface area contributed by atoms with Crippen molar-refractivity contribution in [2.24, 2.45) is 0 Å². The molecule has 0 radical (unpaired) electrons. The molecule has 0 aliphatic heterocycles. The van der Waals surface area contributed by atoms with Crippen molar-refractivity contribution in [1.82, 2.24) is 10.4 Å². The van der Waals surface area contributed by atoms with Crippen LogP contribution in [0, 0.1) is 3.57 Å². The number of benzene rings is 2. The van der Waals surface area contributed by atoms with E-state index in [0.29, 0.717) is 16.1 Å². The van der Waals surface area contributed by atoms with Crippen LogP contribution in [0.2, 0.25) is 5.02 Å². The van der Waals surface area contributed by atoms with Crippen molar-refractivity contribution in [3.8, 4) is 0 Å². The minimum absolute atomic E-state index is 0.344. The molecule has 2 aromatic rings. The highest BCUT2D eigenvalue weighted by molar-refractivity contribution is 14.1. The Morgan fingerprint density at radius 2 is 1.75 bits per heavy atom. The largest absolute Gasteiger partial charge is 0.274 e. The maximum atomic E-state index is 12.9. The molecule has 2 rings (SSSR count). The van der Waals surface area contributed by atoms with Crippen LogP contribution in [0.5, 0.6) is 0 Å². The topological polar surface area (TPSA) is 49.4 Å². The molecule has 0 bridgehead atoms. The minimum atomic E-state index is -0.617. The summed E-state index contributed by atoms with van der Waals surface area (Å²) < 4.78 is 0.944. The van der Waals surface area contributed by atoms with Crippen LogP contribution in [0.25, 0.3) is 0 Å². The van der Waals surface area contributed by atoms with E-state index in [0.717, 1.165) is 3.57 Å². The van der Waals surface area contributed by atoms with Gasteiger partial charge in [-0.3, -0.25) is 15.0 Å². The highest BCUT2D eigenvalue weighted by Crippen LogP contribution is 2.21. The summed E-state index contributed by atoms with van der Waals surface area (Å²) in [5.41, 5.74) is 2.93. The van der Waals surface area contributed by atoms with Crippen LogP contribution in [0.3, 0.4) is 0 Å². The zero-order chi connectivity index (χ0) is 17.9. The average Bonchev–Trinajstić information content (AvgIpc) is 2.51. The molecular weight excluding hydrogens is 439 g/mol. The minimum Gasteiger partial charge on any atom is -0.267 e. The Labute approximate surface area is 160 Å². The Morgan fingerprint density at radius 3 is 2.33 bits per heavy atom. The predicted octanol–water partition coefficient (Wildman–Crippen LogP) is 4.53. The van der Waals surface area contributed by atoms with Gasteiger partial charge in [-0.1, -0.05) is 29.8 Å². The van der Waals surface area contributed by atoms with E-state index in [4.69, 9.17) is 11.6 Å². The Bertz CT molecular complexity index is 772. The quantitative estimate of drug-likeness (QED) is 0.533. The fraction of sp³-hybridized carbons (Fsp3) is 0.222. The maximum absolute atomic E-state index is 12.9. The monoisotopic (exact) mass is 456 g/mol. The number of carbonyl (C=O) groups excluding carboxylic acids is 2. The van der Waals surface area contributed by atoms with Crippen molar-refractivity contribution in [3.63, 3.8) is 0 Å². The summed E-state index contributed by atoms with van der Waals surface area (Å²) in [6, 6.07) is 13.9. The molecule has 4 nitrogen and oxygen atoms in total. The van der Waals surface area contributed by atoms with Crippen LogP contribution in [-0.2, 0) is 0 Å². The summed E-state index contributed by atoms with van der Waals surface area (Å²) in [6.45, 7) is 5.53. The molecule has 0 aliphatic rings. The SMILES string of the molecule is CC(C)(C)N(NC(=O)c1cccc(I)c1)C(=O)c1ccccc1Cl. The van der Waals surface area contributed by atoms with E-state index in [1.165, 1.54) is 5.01 Å². The third-order valence-corrected chi connectivity index (χ3v) is 4.28. The van der Waals surface area contributed by atoms with Gasteiger partial charge in [0.2, 0.25) is 0 Å². The van der Waals surface area contributed by atoms with Gasteiger partial charge in [-0.15, -0.1) is 0 Å². The van der Waals surface area contributed by atoms with Crippen LogP contribution in [0.15, 0.2) is 48.5 Å². The van der Waals surface area contributed by atoms with Crippen molar-refractivity contribution in [3.05, 3.63) is 68.3 Å². The number of carbonyl (C=O) groups is 2. The second kappa shape index (κ2) is 7.53. The van der Waals surface area contributed by atoms with Gasteiger partial charge in [0.1, 0.15) is 0 Å². The number of nitrogens with zero attached hydrogens (tertiary/aromatic N) is 1. The summed E-state index contributed by atoms with van der Waals surface area (Å²) in [7, 11) is 0. The number of hydrazine groups is 1. The molecule has 24 heavy (non-hydrogen) atoms. The highest BCUT2D eigenvalue weighted by atomic mass is 127. The number of hydrogen-bond donors (Lipinski definition) is 1. The van der Waals surface area contributed by atoms with E-state index in [1.807, 2.05) is 26.8 Å². The van der Waals surface area contributed by atoms with Gasteiger partial charge in [0, 0.05) is 9.13 Å². The fourth-order valence-corrected chi connectivity index (χ4v) is 2.83. The average molecular weight is 457 g/mol. The van der Waals surface area contributed by atoms with Gasteiger partial charge in [-0.25, -0.2) is 5.01 Å². The smallest absolute Gasteiger partial charge is 0.267 e. The van der Waals surface area contributed by atoms with Gasteiger partial charge < -0.3 is 0 Å². The third kappa shape index (κ3) is 4.48. The molecule has 2 aromatic carbocycles. The summed E-state index contributed by atoms with van der Waals surface area (Å²) in [5, 5.41) is 1.66. The van der Waals surface area contributed by atoms with E-state index in [1.54, 1.807) is 42.5 Å². The molecule has 2 amide bonds. The van der Waals surface area contributed by atoms with Crippen molar-refractivity contribution < 1.29 is 9.59 Å².